The molecule has 3 aromatic rings. The van der Waals surface area contributed by atoms with Gasteiger partial charge in [0.1, 0.15) is 5.75 Å². The second-order valence-corrected chi connectivity index (χ2v) is 10.1. The SMILES string of the molecule is Cc1ccc(-c2c(C)c3c(c(C)c2[C@H](OC(C)(C)C)C(=O)O)NC(=O)c2cc(C)ccc2O3)cc1. The van der Waals surface area contributed by atoms with E-state index in [1.807, 2.05) is 71.9 Å². The van der Waals surface area contributed by atoms with Crippen LogP contribution in [-0.2, 0) is 9.53 Å². The number of carbonyl (C=O) groups is 2. The molecule has 0 bridgehead atoms. The first-order valence-corrected chi connectivity index (χ1v) is 11.6. The van der Waals surface area contributed by atoms with Crippen molar-refractivity contribution in [2.75, 3.05) is 5.32 Å². The number of carboxylic acids is 1. The topological polar surface area (TPSA) is 84.9 Å². The lowest BCUT2D eigenvalue weighted by molar-refractivity contribution is -0.160. The zero-order chi connectivity index (χ0) is 25.7. The fourth-order valence-corrected chi connectivity index (χ4v) is 4.48. The van der Waals surface area contributed by atoms with Gasteiger partial charge in [0.05, 0.1) is 16.9 Å². The second-order valence-electron chi connectivity index (χ2n) is 10.1. The molecule has 4 rings (SSSR count). The zero-order valence-electron chi connectivity index (χ0n) is 21.2. The van der Waals surface area contributed by atoms with Crippen LogP contribution < -0.4 is 10.1 Å². The summed E-state index contributed by atoms with van der Waals surface area (Å²) in [4.78, 5) is 25.7. The molecule has 6 heteroatoms. The average Bonchev–Trinajstić information content (AvgIpc) is 2.91. The molecule has 1 heterocycles. The van der Waals surface area contributed by atoms with E-state index in [2.05, 4.69) is 5.32 Å². The number of carbonyl (C=O) groups excluding carboxylic acids is 1. The highest BCUT2D eigenvalue weighted by atomic mass is 16.5. The summed E-state index contributed by atoms with van der Waals surface area (Å²) in [7, 11) is 0. The number of rotatable bonds is 4. The lowest BCUT2D eigenvalue weighted by atomic mass is 9.86. The molecule has 35 heavy (non-hydrogen) atoms. The van der Waals surface area contributed by atoms with Crippen molar-refractivity contribution in [3.63, 3.8) is 0 Å². The summed E-state index contributed by atoms with van der Waals surface area (Å²) in [5, 5.41) is 13.2. The van der Waals surface area contributed by atoms with Crippen LogP contribution in [0.3, 0.4) is 0 Å². The summed E-state index contributed by atoms with van der Waals surface area (Å²) in [6.07, 6.45) is -1.25. The van der Waals surface area contributed by atoms with E-state index in [1.54, 1.807) is 19.1 Å². The summed E-state index contributed by atoms with van der Waals surface area (Å²) in [5.41, 5.74) is 5.59. The molecule has 1 aliphatic rings. The van der Waals surface area contributed by atoms with Gasteiger partial charge in [-0.2, -0.15) is 0 Å². The van der Waals surface area contributed by atoms with Gasteiger partial charge in [-0.05, 0) is 77.3 Å². The van der Waals surface area contributed by atoms with Crippen LogP contribution in [-0.4, -0.2) is 22.6 Å². The van der Waals surface area contributed by atoms with Gasteiger partial charge >= 0.3 is 5.97 Å². The highest BCUT2D eigenvalue weighted by Gasteiger charge is 2.35. The van der Waals surface area contributed by atoms with Crippen LogP contribution in [0.4, 0.5) is 5.69 Å². The van der Waals surface area contributed by atoms with Crippen LogP contribution in [0.15, 0.2) is 42.5 Å². The number of hydrogen-bond acceptors (Lipinski definition) is 4. The van der Waals surface area contributed by atoms with E-state index in [4.69, 9.17) is 9.47 Å². The Balaban J connectivity index is 2.06. The van der Waals surface area contributed by atoms with Crippen molar-refractivity contribution in [1.29, 1.82) is 0 Å². The summed E-state index contributed by atoms with van der Waals surface area (Å²) < 4.78 is 12.4. The molecule has 0 radical (unpaired) electrons. The molecule has 3 aromatic carbocycles. The lowest BCUT2D eigenvalue weighted by Gasteiger charge is -2.30. The van der Waals surface area contributed by atoms with E-state index < -0.39 is 17.7 Å². The van der Waals surface area contributed by atoms with E-state index in [-0.39, 0.29) is 5.91 Å². The van der Waals surface area contributed by atoms with Crippen molar-refractivity contribution in [2.45, 2.75) is 60.2 Å². The number of benzene rings is 3. The minimum Gasteiger partial charge on any atom is -0.479 e. The molecular weight excluding hydrogens is 442 g/mol. The monoisotopic (exact) mass is 473 g/mol. The molecule has 2 N–H and O–H groups in total. The van der Waals surface area contributed by atoms with Gasteiger partial charge in [-0.1, -0.05) is 41.5 Å². The first kappa shape index (κ1) is 24.5. The Morgan fingerprint density at radius 1 is 0.971 bits per heavy atom. The first-order valence-electron chi connectivity index (χ1n) is 11.6. The van der Waals surface area contributed by atoms with Gasteiger partial charge in [0.15, 0.2) is 11.9 Å². The minimum atomic E-state index is -1.25. The van der Waals surface area contributed by atoms with E-state index in [1.165, 1.54) is 0 Å². The molecule has 0 aromatic heterocycles. The van der Waals surface area contributed by atoms with Crippen LogP contribution in [0, 0.1) is 27.7 Å². The van der Waals surface area contributed by atoms with E-state index in [0.717, 1.165) is 27.8 Å². The first-order chi connectivity index (χ1) is 16.4. The highest BCUT2D eigenvalue weighted by molar-refractivity contribution is 6.09. The highest BCUT2D eigenvalue weighted by Crippen LogP contribution is 2.49. The van der Waals surface area contributed by atoms with Crippen molar-refractivity contribution >= 4 is 17.6 Å². The summed E-state index contributed by atoms with van der Waals surface area (Å²) in [5.74, 6) is -0.450. The standard InChI is InChI=1S/C29H31NO5/c1-15-8-11-19(12-9-15)22-18(4)25-24(17(3)23(22)26(28(32)33)35-29(5,6)7)30-27(31)20-14-16(2)10-13-21(20)34-25/h8-14,26H,1-7H3,(H,30,31)(H,32,33)/t26-/m0/s1. The molecule has 1 amide bonds. The van der Waals surface area contributed by atoms with Crippen LogP contribution in [0.1, 0.15) is 65.1 Å². The van der Waals surface area contributed by atoms with Crippen LogP contribution in [0.25, 0.3) is 11.1 Å². The molecular formula is C29H31NO5. The Hall–Kier alpha value is -3.64. The van der Waals surface area contributed by atoms with Crippen molar-refractivity contribution in [2.24, 2.45) is 0 Å². The maximum absolute atomic E-state index is 13.2. The van der Waals surface area contributed by atoms with Crippen molar-refractivity contribution in [3.05, 3.63) is 75.8 Å². The predicted octanol–water partition coefficient (Wildman–Crippen LogP) is 6.89. The number of carboxylic acid groups (broad SMARTS) is 1. The molecule has 0 fully saturated rings. The Morgan fingerprint density at radius 2 is 1.60 bits per heavy atom. The third kappa shape index (κ3) is 4.66. The van der Waals surface area contributed by atoms with Gasteiger partial charge in [-0.15, -0.1) is 0 Å². The summed E-state index contributed by atoms with van der Waals surface area (Å²) >= 11 is 0. The van der Waals surface area contributed by atoms with Gasteiger partial charge in [-0.25, -0.2) is 4.79 Å². The van der Waals surface area contributed by atoms with Gasteiger partial charge in [0.2, 0.25) is 0 Å². The normalized spacial score (nSPS) is 13.7. The van der Waals surface area contributed by atoms with E-state index >= 15 is 0 Å². The molecule has 0 unspecified atom stereocenters. The van der Waals surface area contributed by atoms with Gasteiger partial charge in [-0.3, -0.25) is 4.79 Å². The fraction of sp³-hybridized carbons (Fsp3) is 0.310. The lowest BCUT2D eigenvalue weighted by Crippen LogP contribution is -2.28. The second kappa shape index (κ2) is 8.86. The van der Waals surface area contributed by atoms with Crippen LogP contribution in [0.5, 0.6) is 11.5 Å². The Morgan fingerprint density at radius 3 is 2.20 bits per heavy atom. The van der Waals surface area contributed by atoms with E-state index in [0.29, 0.717) is 33.9 Å². The minimum absolute atomic E-state index is 0.303. The molecule has 0 spiro atoms. The number of nitrogens with one attached hydrogen (secondary N) is 1. The van der Waals surface area contributed by atoms with Crippen molar-refractivity contribution < 1.29 is 24.2 Å². The fourth-order valence-electron chi connectivity index (χ4n) is 4.48. The van der Waals surface area contributed by atoms with Crippen LogP contribution >= 0.6 is 0 Å². The smallest absolute Gasteiger partial charge is 0.337 e. The summed E-state index contributed by atoms with van der Waals surface area (Å²) in [6.45, 7) is 13.1. The molecule has 1 aliphatic heterocycles. The number of aliphatic carboxylic acids is 1. The number of anilines is 1. The number of fused-ring (bicyclic) bond motifs is 2. The quantitative estimate of drug-likeness (QED) is 0.431. The van der Waals surface area contributed by atoms with Gasteiger partial charge in [0.25, 0.3) is 5.91 Å². The molecule has 0 saturated carbocycles. The Bertz CT molecular complexity index is 1330. The Labute approximate surface area is 205 Å². The predicted molar refractivity (Wildman–Crippen MR) is 137 cm³/mol. The largest absolute Gasteiger partial charge is 0.479 e. The number of hydrogen-bond donors (Lipinski definition) is 2. The molecule has 0 saturated heterocycles. The maximum Gasteiger partial charge on any atom is 0.337 e. The third-order valence-electron chi connectivity index (χ3n) is 6.12. The number of amides is 1. The van der Waals surface area contributed by atoms with Gasteiger partial charge < -0.3 is 19.9 Å². The number of ether oxygens (including phenoxy) is 2. The average molecular weight is 474 g/mol. The van der Waals surface area contributed by atoms with Crippen molar-refractivity contribution in [3.8, 4) is 22.6 Å². The number of aryl methyl sites for hydroxylation is 2. The van der Waals surface area contributed by atoms with Crippen molar-refractivity contribution in [1.82, 2.24) is 0 Å². The molecule has 6 nitrogen and oxygen atoms in total. The maximum atomic E-state index is 13.2. The molecule has 0 aliphatic carbocycles. The molecule has 182 valence electrons. The van der Waals surface area contributed by atoms with Gasteiger partial charge in [0, 0.05) is 11.1 Å². The zero-order valence-corrected chi connectivity index (χ0v) is 21.2. The molecule has 1 atom stereocenters. The van der Waals surface area contributed by atoms with E-state index in [9.17, 15) is 14.7 Å². The third-order valence-corrected chi connectivity index (χ3v) is 6.12. The summed E-state index contributed by atoms with van der Waals surface area (Å²) in [6, 6.07) is 13.4. The van der Waals surface area contributed by atoms with Crippen LogP contribution in [0.2, 0.25) is 0 Å². The Kier molecular flexibility index (Phi) is 6.20.